The van der Waals surface area contributed by atoms with Crippen LogP contribution < -0.4 is 10.1 Å². The van der Waals surface area contributed by atoms with Gasteiger partial charge in [-0.05, 0) is 44.2 Å². The minimum atomic E-state index is 0.226. The standard InChI is InChI=1S/C15H18ClNO2/c1-3-18-15-7-6-12(16)10-14(15)17-11(2)9-13-5-4-8-19-13/h4-8,10-11,17H,3,9H2,1-2H3. The Hall–Kier alpha value is -1.61. The molecular weight excluding hydrogens is 262 g/mol. The maximum absolute atomic E-state index is 6.03. The number of ether oxygens (including phenoxy) is 1. The van der Waals surface area contributed by atoms with Crippen molar-refractivity contribution in [1.82, 2.24) is 0 Å². The molecule has 0 aliphatic carbocycles. The van der Waals surface area contributed by atoms with E-state index in [0.717, 1.165) is 23.6 Å². The van der Waals surface area contributed by atoms with Gasteiger partial charge in [0, 0.05) is 17.5 Å². The molecule has 0 saturated heterocycles. The minimum absolute atomic E-state index is 0.226. The molecule has 1 heterocycles. The Morgan fingerprint density at radius 2 is 2.21 bits per heavy atom. The van der Waals surface area contributed by atoms with Crippen molar-refractivity contribution < 1.29 is 9.15 Å². The van der Waals surface area contributed by atoms with E-state index in [0.29, 0.717) is 11.6 Å². The van der Waals surface area contributed by atoms with Crippen molar-refractivity contribution >= 4 is 17.3 Å². The summed E-state index contributed by atoms with van der Waals surface area (Å²) in [4.78, 5) is 0. The van der Waals surface area contributed by atoms with Crippen molar-refractivity contribution in [1.29, 1.82) is 0 Å². The van der Waals surface area contributed by atoms with E-state index in [2.05, 4.69) is 12.2 Å². The lowest BCUT2D eigenvalue weighted by molar-refractivity contribution is 0.341. The average molecular weight is 280 g/mol. The number of nitrogens with one attached hydrogen (secondary N) is 1. The van der Waals surface area contributed by atoms with Gasteiger partial charge >= 0.3 is 0 Å². The molecule has 0 saturated carbocycles. The predicted octanol–water partition coefficient (Wildman–Crippen LogP) is 4.37. The van der Waals surface area contributed by atoms with Crippen LogP contribution in [0, 0.1) is 0 Å². The van der Waals surface area contributed by atoms with Gasteiger partial charge in [-0.3, -0.25) is 0 Å². The van der Waals surface area contributed by atoms with E-state index >= 15 is 0 Å². The predicted molar refractivity (Wildman–Crippen MR) is 78.1 cm³/mol. The molecular formula is C15H18ClNO2. The SMILES string of the molecule is CCOc1ccc(Cl)cc1NC(C)Cc1ccco1. The highest BCUT2D eigenvalue weighted by Crippen LogP contribution is 2.29. The maximum Gasteiger partial charge on any atom is 0.142 e. The minimum Gasteiger partial charge on any atom is -0.492 e. The second kappa shape index (κ2) is 6.53. The van der Waals surface area contributed by atoms with Crippen molar-refractivity contribution in [3.05, 3.63) is 47.4 Å². The molecule has 0 aliphatic heterocycles. The molecule has 4 heteroatoms. The van der Waals surface area contributed by atoms with Crippen LogP contribution in [-0.2, 0) is 6.42 Å². The summed E-state index contributed by atoms with van der Waals surface area (Å²) < 4.78 is 10.9. The van der Waals surface area contributed by atoms with E-state index < -0.39 is 0 Å². The summed E-state index contributed by atoms with van der Waals surface area (Å²) >= 11 is 6.03. The van der Waals surface area contributed by atoms with E-state index in [4.69, 9.17) is 20.8 Å². The first-order valence-corrected chi connectivity index (χ1v) is 6.78. The number of furan rings is 1. The van der Waals surface area contributed by atoms with Crippen LogP contribution in [0.25, 0.3) is 0 Å². The third-order valence-corrected chi connectivity index (χ3v) is 2.97. The average Bonchev–Trinajstić information content (AvgIpc) is 2.85. The summed E-state index contributed by atoms with van der Waals surface area (Å²) in [5.41, 5.74) is 0.911. The van der Waals surface area contributed by atoms with Gasteiger partial charge in [0.25, 0.3) is 0 Å². The summed E-state index contributed by atoms with van der Waals surface area (Å²) in [7, 11) is 0. The van der Waals surface area contributed by atoms with Gasteiger partial charge in [0.1, 0.15) is 11.5 Å². The molecule has 1 N–H and O–H groups in total. The van der Waals surface area contributed by atoms with Crippen LogP contribution in [0.2, 0.25) is 5.02 Å². The first-order valence-electron chi connectivity index (χ1n) is 6.40. The van der Waals surface area contributed by atoms with Crippen LogP contribution in [0.3, 0.4) is 0 Å². The molecule has 0 spiro atoms. The second-order valence-corrected chi connectivity index (χ2v) is 4.84. The molecule has 102 valence electrons. The molecule has 3 nitrogen and oxygen atoms in total. The number of anilines is 1. The summed E-state index contributed by atoms with van der Waals surface area (Å²) in [6.07, 6.45) is 2.50. The van der Waals surface area contributed by atoms with Gasteiger partial charge in [0.05, 0.1) is 18.6 Å². The lowest BCUT2D eigenvalue weighted by Crippen LogP contribution is -2.18. The fourth-order valence-corrected chi connectivity index (χ4v) is 2.12. The quantitative estimate of drug-likeness (QED) is 0.852. The van der Waals surface area contributed by atoms with E-state index in [1.807, 2.05) is 37.3 Å². The molecule has 2 aromatic rings. The van der Waals surface area contributed by atoms with Crippen molar-refractivity contribution in [3.8, 4) is 5.75 Å². The van der Waals surface area contributed by atoms with Crippen LogP contribution in [0.4, 0.5) is 5.69 Å². The highest BCUT2D eigenvalue weighted by molar-refractivity contribution is 6.30. The Morgan fingerprint density at radius 3 is 2.89 bits per heavy atom. The normalized spacial score (nSPS) is 12.2. The van der Waals surface area contributed by atoms with Gasteiger partial charge in [-0.2, -0.15) is 0 Å². The zero-order valence-electron chi connectivity index (χ0n) is 11.2. The summed E-state index contributed by atoms with van der Waals surface area (Å²) in [5, 5.41) is 4.10. The number of benzene rings is 1. The van der Waals surface area contributed by atoms with Crippen molar-refractivity contribution in [2.24, 2.45) is 0 Å². The molecule has 1 aromatic heterocycles. The maximum atomic E-state index is 6.03. The molecule has 0 fully saturated rings. The summed E-state index contributed by atoms with van der Waals surface area (Å²) in [5.74, 6) is 1.78. The second-order valence-electron chi connectivity index (χ2n) is 4.40. The first kappa shape index (κ1) is 13.8. The molecule has 1 aromatic carbocycles. The Balaban J connectivity index is 2.06. The zero-order valence-corrected chi connectivity index (χ0v) is 11.9. The topological polar surface area (TPSA) is 34.4 Å². The Labute approximate surface area is 118 Å². The monoisotopic (exact) mass is 279 g/mol. The van der Waals surface area contributed by atoms with Crippen LogP contribution in [0.1, 0.15) is 19.6 Å². The fraction of sp³-hybridized carbons (Fsp3) is 0.333. The molecule has 19 heavy (non-hydrogen) atoms. The third kappa shape index (κ3) is 3.93. The van der Waals surface area contributed by atoms with Gasteiger partial charge < -0.3 is 14.5 Å². The van der Waals surface area contributed by atoms with E-state index in [1.54, 1.807) is 6.26 Å². The molecule has 0 bridgehead atoms. The van der Waals surface area contributed by atoms with Crippen molar-refractivity contribution in [3.63, 3.8) is 0 Å². The van der Waals surface area contributed by atoms with Crippen LogP contribution >= 0.6 is 11.6 Å². The lowest BCUT2D eigenvalue weighted by atomic mass is 10.2. The van der Waals surface area contributed by atoms with Gasteiger partial charge in [-0.25, -0.2) is 0 Å². The molecule has 1 unspecified atom stereocenters. The van der Waals surface area contributed by atoms with Crippen LogP contribution in [0.5, 0.6) is 5.75 Å². The smallest absolute Gasteiger partial charge is 0.142 e. The van der Waals surface area contributed by atoms with Crippen LogP contribution in [0.15, 0.2) is 41.0 Å². The van der Waals surface area contributed by atoms with Gasteiger partial charge in [-0.15, -0.1) is 0 Å². The third-order valence-electron chi connectivity index (χ3n) is 2.73. The molecule has 2 rings (SSSR count). The van der Waals surface area contributed by atoms with Crippen LogP contribution in [-0.4, -0.2) is 12.6 Å². The van der Waals surface area contributed by atoms with E-state index in [9.17, 15) is 0 Å². The highest BCUT2D eigenvalue weighted by atomic mass is 35.5. The first-order chi connectivity index (χ1) is 9.19. The summed E-state index contributed by atoms with van der Waals surface area (Å²) in [6.45, 7) is 4.69. The largest absolute Gasteiger partial charge is 0.492 e. The summed E-state index contributed by atoms with van der Waals surface area (Å²) in [6, 6.07) is 9.68. The Morgan fingerprint density at radius 1 is 1.37 bits per heavy atom. The van der Waals surface area contributed by atoms with Gasteiger partial charge in [0.2, 0.25) is 0 Å². The highest BCUT2D eigenvalue weighted by Gasteiger charge is 2.10. The lowest BCUT2D eigenvalue weighted by Gasteiger charge is -2.17. The number of hydrogen-bond acceptors (Lipinski definition) is 3. The fourth-order valence-electron chi connectivity index (χ4n) is 1.94. The van der Waals surface area contributed by atoms with Gasteiger partial charge in [-0.1, -0.05) is 11.6 Å². The molecule has 0 amide bonds. The molecule has 0 radical (unpaired) electrons. The Kier molecular flexibility index (Phi) is 4.74. The van der Waals surface area contributed by atoms with Gasteiger partial charge in [0.15, 0.2) is 0 Å². The zero-order chi connectivity index (χ0) is 13.7. The number of hydrogen-bond donors (Lipinski definition) is 1. The molecule has 1 atom stereocenters. The van der Waals surface area contributed by atoms with E-state index in [1.165, 1.54) is 0 Å². The van der Waals surface area contributed by atoms with Crippen molar-refractivity contribution in [2.75, 3.05) is 11.9 Å². The van der Waals surface area contributed by atoms with E-state index in [-0.39, 0.29) is 6.04 Å². The number of halogens is 1. The Bertz CT molecular complexity index is 511. The number of rotatable bonds is 6. The van der Waals surface area contributed by atoms with Crippen molar-refractivity contribution in [2.45, 2.75) is 26.3 Å². The molecule has 0 aliphatic rings.